The first kappa shape index (κ1) is 18.5. The molecule has 30 heavy (non-hydrogen) atoms. The molecule has 8 heteroatoms. The fourth-order valence-electron chi connectivity index (χ4n) is 4.10. The van der Waals surface area contributed by atoms with Gasteiger partial charge in [0.05, 0.1) is 36.9 Å². The number of ketones is 1. The second-order valence-electron chi connectivity index (χ2n) is 7.23. The summed E-state index contributed by atoms with van der Waals surface area (Å²) in [6.45, 7) is 0.293. The van der Waals surface area contributed by atoms with E-state index in [-0.39, 0.29) is 11.7 Å². The Kier molecular flexibility index (Phi) is 4.55. The number of aromatic nitrogens is 4. The number of furan rings is 1. The van der Waals surface area contributed by atoms with Gasteiger partial charge in [-0.15, -0.1) is 10.2 Å². The van der Waals surface area contributed by atoms with Gasteiger partial charge in [0.2, 0.25) is 0 Å². The van der Waals surface area contributed by atoms with E-state index in [1.807, 2.05) is 36.4 Å². The van der Waals surface area contributed by atoms with Crippen LogP contribution in [0.4, 0.5) is 0 Å². The number of methoxy groups -OCH3 is 2. The number of nitrogens with zero attached hydrogens (tertiary/aromatic N) is 4. The number of carbonyl (C=O) groups excluding carboxylic acids is 1. The summed E-state index contributed by atoms with van der Waals surface area (Å²) in [5.41, 5.74) is 4.01. The van der Waals surface area contributed by atoms with Gasteiger partial charge in [-0.2, -0.15) is 5.10 Å². The molecule has 0 unspecified atom stereocenters. The van der Waals surface area contributed by atoms with Gasteiger partial charge in [0.1, 0.15) is 11.5 Å². The Morgan fingerprint density at radius 1 is 1.13 bits per heavy atom. The summed E-state index contributed by atoms with van der Waals surface area (Å²) >= 11 is 0. The van der Waals surface area contributed by atoms with E-state index in [1.165, 1.54) is 0 Å². The van der Waals surface area contributed by atoms with Crippen LogP contribution >= 0.6 is 0 Å². The van der Waals surface area contributed by atoms with E-state index in [4.69, 9.17) is 19.0 Å². The number of hydrogen-bond acceptors (Lipinski definition) is 7. The van der Waals surface area contributed by atoms with E-state index in [0.717, 1.165) is 22.6 Å². The zero-order chi connectivity index (χ0) is 20.7. The number of rotatable bonds is 5. The van der Waals surface area contributed by atoms with Gasteiger partial charge in [0, 0.05) is 31.4 Å². The number of ether oxygens (including phenoxy) is 2. The van der Waals surface area contributed by atoms with Crippen LogP contribution in [0.2, 0.25) is 0 Å². The molecule has 3 aromatic heterocycles. The Morgan fingerprint density at radius 3 is 2.77 bits per heavy atom. The fourth-order valence-corrected chi connectivity index (χ4v) is 4.10. The van der Waals surface area contributed by atoms with Crippen LogP contribution in [-0.2, 0) is 17.8 Å². The lowest BCUT2D eigenvalue weighted by Crippen LogP contribution is -2.24. The van der Waals surface area contributed by atoms with Crippen molar-refractivity contribution in [3.05, 3.63) is 65.5 Å². The molecule has 0 saturated heterocycles. The molecule has 0 bridgehead atoms. The minimum absolute atomic E-state index is 0.0582. The Hall–Kier alpha value is -3.52. The normalized spacial score (nSPS) is 16.1. The molecule has 1 atom stereocenters. The molecule has 0 fully saturated rings. The molecule has 5 rings (SSSR count). The molecule has 4 aromatic rings. The summed E-state index contributed by atoms with van der Waals surface area (Å²) < 4.78 is 18.2. The highest BCUT2D eigenvalue weighted by Gasteiger charge is 2.33. The first-order valence-corrected chi connectivity index (χ1v) is 9.67. The highest BCUT2D eigenvalue weighted by atomic mass is 16.5. The van der Waals surface area contributed by atoms with Gasteiger partial charge in [-0.25, -0.2) is 4.52 Å². The Morgan fingerprint density at radius 2 is 2.00 bits per heavy atom. The number of para-hydroxylation sites is 1. The lowest BCUT2D eigenvalue weighted by Gasteiger charge is -2.21. The molecule has 8 nitrogen and oxygen atoms in total. The summed E-state index contributed by atoms with van der Waals surface area (Å²) in [5.74, 6) is 1.37. The number of fused-ring (bicyclic) bond motifs is 3. The third-order valence-electron chi connectivity index (χ3n) is 5.45. The molecule has 1 aliphatic rings. The third-order valence-corrected chi connectivity index (χ3v) is 5.45. The summed E-state index contributed by atoms with van der Waals surface area (Å²) in [7, 11) is 3.24. The second kappa shape index (κ2) is 7.38. The van der Waals surface area contributed by atoms with Crippen LogP contribution in [0.15, 0.2) is 47.1 Å². The monoisotopic (exact) mass is 404 g/mol. The van der Waals surface area contributed by atoms with Crippen LogP contribution in [0, 0.1) is 0 Å². The lowest BCUT2D eigenvalue weighted by atomic mass is 9.87. The zero-order valence-corrected chi connectivity index (χ0v) is 16.7. The van der Waals surface area contributed by atoms with E-state index in [2.05, 4.69) is 10.2 Å². The van der Waals surface area contributed by atoms with Crippen molar-refractivity contribution in [1.29, 1.82) is 0 Å². The smallest absolute Gasteiger partial charge is 0.186 e. The van der Waals surface area contributed by atoms with E-state index in [1.54, 1.807) is 25.0 Å². The van der Waals surface area contributed by atoms with Gasteiger partial charge < -0.3 is 13.9 Å². The lowest BCUT2D eigenvalue weighted by molar-refractivity contribution is 0.0951. The summed E-state index contributed by atoms with van der Waals surface area (Å²) in [5, 5.41) is 13.4. The average molecular weight is 404 g/mol. The molecule has 0 spiro atoms. The van der Waals surface area contributed by atoms with Crippen LogP contribution in [0.25, 0.3) is 16.8 Å². The molecule has 0 N–H and O–H groups in total. The van der Waals surface area contributed by atoms with Crippen molar-refractivity contribution in [1.82, 2.24) is 19.8 Å². The molecule has 0 radical (unpaired) electrons. The van der Waals surface area contributed by atoms with Crippen molar-refractivity contribution in [2.75, 3.05) is 14.2 Å². The van der Waals surface area contributed by atoms with Crippen molar-refractivity contribution in [2.45, 2.75) is 25.4 Å². The number of carbonyl (C=O) groups is 1. The molecule has 1 aliphatic carbocycles. The molecular formula is C22H20N4O4. The Bertz CT molecular complexity index is 1230. The van der Waals surface area contributed by atoms with Crippen LogP contribution in [0.3, 0.4) is 0 Å². The van der Waals surface area contributed by atoms with Gasteiger partial charge in [-0.05, 0) is 18.2 Å². The van der Waals surface area contributed by atoms with Crippen LogP contribution < -0.4 is 4.74 Å². The minimum atomic E-state index is -0.0605. The highest BCUT2D eigenvalue weighted by molar-refractivity contribution is 5.97. The maximum absolute atomic E-state index is 12.8. The van der Waals surface area contributed by atoms with E-state index in [0.29, 0.717) is 42.2 Å². The summed E-state index contributed by atoms with van der Waals surface area (Å²) in [6.07, 6.45) is 2.55. The SMILES string of the molecule is COCc1nn2c3c(nnc2c1-c1ccccc1OC)C(=O)C[C@@H](c1ccco1)C3. The standard InChI is InChI=1S/C22H20N4O4/c1-28-12-15-20(14-6-3-4-7-19(14)29-2)22-24-23-21-16(26(22)25-15)10-13(11-17(21)27)18-8-5-9-30-18/h3-9,13H,10-12H2,1-2H3/t13-/m0/s1. The van der Waals surface area contributed by atoms with Crippen LogP contribution in [-0.4, -0.2) is 39.8 Å². The predicted octanol–water partition coefficient (Wildman–Crippen LogP) is 3.45. The first-order valence-electron chi connectivity index (χ1n) is 9.67. The van der Waals surface area contributed by atoms with Crippen molar-refractivity contribution in [3.8, 4) is 16.9 Å². The van der Waals surface area contributed by atoms with Crippen molar-refractivity contribution >= 4 is 11.4 Å². The number of Topliss-reactive ketones (excluding diaryl/α,β-unsaturated/α-hetero) is 1. The van der Waals surface area contributed by atoms with Crippen molar-refractivity contribution in [3.63, 3.8) is 0 Å². The molecule has 152 valence electrons. The molecule has 1 aromatic carbocycles. The Labute approximate surface area is 172 Å². The summed E-state index contributed by atoms with van der Waals surface area (Å²) in [4.78, 5) is 12.8. The minimum Gasteiger partial charge on any atom is -0.496 e. The molecule has 0 saturated carbocycles. The fraction of sp³-hybridized carbons (Fsp3) is 0.273. The molecule has 3 heterocycles. The van der Waals surface area contributed by atoms with Crippen LogP contribution in [0.5, 0.6) is 5.75 Å². The predicted molar refractivity (Wildman–Crippen MR) is 108 cm³/mol. The van der Waals surface area contributed by atoms with Gasteiger partial charge >= 0.3 is 0 Å². The number of benzene rings is 1. The quantitative estimate of drug-likeness (QED) is 0.503. The van der Waals surface area contributed by atoms with E-state index < -0.39 is 0 Å². The summed E-state index contributed by atoms with van der Waals surface area (Å²) in [6, 6.07) is 11.4. The topological polar surface area (TPSA) is 91.8 Å². The third kappa shape index (κ3) is 2.88. The molecular weight excluding hydrogens is 384 g/mol. The maximum atomic E-state index is 12.8. The van der Waals surface area contributed by atoms with Gasteiger partial charge in [-0.3, -0.25) is 4.79 Å². The molecule has 0 aliphatic heterocycles. The average Bonchev–Trinajstić information content (AvgIpc) is 3.42. The van der Waals surface area contributed by atoms with Crippen molar-refractivity contribution in [2.24, 2.45) is 0 Å². The maximum Gasteiger partial charge on any atom is 0.186 e. The van der Waals surface area contributed by atoms with Gasteiger partial charge in [0.15, 0.2) is 17.1 Å². The second-order valence-corrected chi connectivity index (χ2v) is 7.23. The van der Waals surface area contributed by atoms with E-state index in [9.17, 15) is 4.79 Å². The van der Waals surface area contributed by atoms with Gasteiger partial charge in [0.25, 0.3) is 0 Å². The van der Waals surface area contributed by atoms with Crippen LogP contribution in [0.1, 0.15) is 40.0 Å². The Balaban J connectivity index is 1.73. The van der Waals surface area contributed by atoms with E-state index >= 15 is 0 Å². The zero-order valence-electron chi connectivity index (χ0n) is 16.7. The molecule has 0 amide bonds. The highest BCUT2D eigenvalue weighted by Crippen LogP contribution is 2.37. The van der Waals surface area contributed by atoms with Gasteiger partial charge in [-0.1, -0.05) is 18.2 Å². The largest absolute Gasteiger partial charge is 0.496 e. The van der Waals surface area contributed by atoms with Crippen molar-refractivity contribution < 1.29 is 18.7 Å². The number of hydrogen-bond donors (Lipinski definition) is 0. The first-order chi connectivity index (χ1) is 14.7.